The van der Waals surface area contributed by atoms with E-state index >= 15 is 0 Å². The molecule has 2 heterocycles. The standard InChI is InChI=1S/C17H16ClFN4OS/c1-11(6-12-4-5-25-10-12)20-17(24)16-9-23(22-21-16)8-13-2-3-14(19)7-15(13)18/h2-5,7,9-11H,6,8H2,1H3,(H,20,24). The summed E-state index contributed by atoms with van der Waals surface area (Å²) in [5.74, 6) is -0.675. The van der Waals surface area contributed by atoms with E-state index in [9.17, 15) is 9.18 Å². The monoisotopic (exact) mass is 378 g/mol. The van der Waals surface area contributed by atoms with Gasteiger partial charge in [-0.2, -0.15) is 11.3 Å². The average molecular weight is 379 g/mol. The highest BCUT2D eigenvalue weighted by Crippen LogP contribution is 2.18. The van der Waals surface area contributed by atoms with Gasteiger partial charge in [-0.1, -0.05) is 22.9 Å². The molecule has 0 aliphatic heterocycles. The molecular weight excluding hydrogens is 363 g/mol. The maximum atomic E-state index is 13.1. The van der Waals surface area contributed by atoms with Crippen molar-refractivity contribution < 1.29 is 9.18 Å². The molecule has 2 aromatic heterocycles. The number of hydrogen-bond acceptors (Lipinski definition) is 4. The van der Waals surface area contributed by atoms with Crippen LogP contribution in [-0.4, -0.2) is 26.9 Å². The lowest BCUT2D eigenvalue weighted by molar-refractivity contribution is 0.0935. The molecule has 3 aromatic rings. The Morgan fingerprint density at radius 1 is 1.44 bits per heavy atom. The molecule has 0 saturated carbocycles. The summed E-state index contributed by atoms with van der Waals surface area (Å²) in [4.78, 5) is 12.3. The van der Waals surface area contributed by atoms with Crippen LogP contribution in [0.4, 0.5) is 4.39 Å². The summed E-state index contributed by atoms with van der Waals surface area (Å²) in [6, 6.07) is 6.18. The minimum absolute atomic E-state index is 0.0150. The fourth-order valence-electron chi connectivity index (χ4n) is 2.42. The zero-order valence-corrected chi connectivity index (χ0v) is 15.0. The fraction of sp³-hybridized carbons (Fsp3) is 0.235. The van der Waals surface area contributed by atoms with E-state index in [1.807, 2.05) is 18.4 Å². The second kappa shape index (κ2) is 7.76. The summed E-state index contributed by atoms with van der Waals surface area (Å²) in [7, 11) is 0. The van der Waals surface area contributed by atoms with Crippen LogP contribution in [0, 0.1) is 5.82 Å². The number of thiophene rings is 1. The minimum atomic E-state index is -0.396. The lowest BCUT2D eigenvalue weighted by atomic mass is 10.1. The van der Waals surface area contributed by atoms with Crippen LogP contribution in [0.1, 0.15) is 28.5 Å². The topological polar surface area (TPSA) is 59.8 Å². The van der Waals surface area contributed by atoms with Crippen LogP contribution in [0.25, 0.3) is 0 Å². The molecule has 130 valence electrons. The molecule has 0 bridgehead atoms. The Hall–Kier alpha value is -2.25. The third-order valence-electron chi connectivity index (χ3n) is 3.62. The first kappa shape index (κ1) is 17.6. The van der Waals surface area contributed by atoms with Crippen molar-refractivity contribution in [1.29, 1.82) is 0 Å². The van der Waals surface area contributed by atoms with Crippen molar-refractivity contribution in [1.82, 2.24) is 20.3 Å². The Morgan fingerprint density at radius 3 is 3.00 bits per heavy atom. The van der Waals surface area contributed by atoms with Gasteiger partial charge >= 0.3 is 0 Å². The average Bonchev–Trinajstić information content (AvgIpc) is 3.21. The highest BCUT2D eigenvalue weighted by Gasteiger charge is 2.15. The maximum absolute atomic E-state index is 13.1. The summed E-state index contributed by atoms with van der Waals surface area (Å²) >= 11 is 7.64. The predicted molar refractivity (Wildman–Crippen MR) is 95.5 cm³/mol. The van der Waals surface area contributed by atoms with Gasteiger partial charge in [0.15, 0.2) is 5.69 Å². The Kier molecular flexibility index (Phi) is 5.45. The third kappa shape index (κ3) is 4.64. The molecule has 0 radical (unpaired) electrons. The number of carbonyl (C=O) groups excluding carboxylic acids is 1. The van der Waals surface area contributed by atoms with Crippen LogP contribution >= 0.6 is 22.9 Å². The van der Waals surface area contributed by atoms with E-state index in [0.29, 0.717) is 17.1 Å². The molecule has 0 aliphatic carbocycles. The highest BCUT2D eigenvalue weighted by molar-refractivity contribution is 7.07. The van der Waals surface area contributed by atoms with E-state index in [1.54, 1.807) is 23.6 Å². The molecular formula is C17H16ClFN4OS. The molecule has 1 unspecified atom stereocenters. The summed E-state index contributed by atoms with van der Waals surface area (Å²) in [5.41, 5.74) is 2.12. The van der Waals surface area contributed by atoms with Crippen molar-refractivity contribution in [2.45, 2.75) is 25.9 Å². The Balaban J connectivity index is 1.61. The van der Waals surface area contributed by atoms with Crippen molar-refractivity contribution in [3.63, 3.8) is 0 Å². The number of benzene rings is 1. The Labute approximate surface area is 153 Å². The second-order valence-electron chi connectivity index (χ2n) is 5.75. The van der Waals surface area contributed by atoms with E-state index in [4.69, 9.17) is 11.6 Å². The predicted octanol–water partition coefficient (Wildman–Crippen LogP) is 3.54. The van der Waals surface area contributed by atoms with Gasteiger partial charge in [-0.05, 0) is 53.4 Å². The molecule has 0 fully saturated rings. The molecule has 3 rings (SSSR count). The molecule has 1 N–H and O–H groups in total. The van der Waals surface area contributed by atoms with Gasteiger partial charge in [-0.3, -0.25) is 4.79 Å². The van der Waals surface area contributed by atoms with Crippen molar-refractivity contribution >= 4 is 28.8 Å². The van der Waals surface area contributed by atoms with Gasteiger partial charge in [0.05, 0.1) is 12.7 Å². The molecule has 1 atom stereocenters. The van der Waals surface area contributed by atoms with Crippen LogP contribution in [0.3, 0.4) is 0 Å². The number of nitrogens with zero attached hydrogens (tertiary/aromatic N) is 3. The van der Waals surface area contributed by atoms with Crippen LogP contribution < -0.4 is 5.32 Å². The van der Waals surface area contributed by atoms with E-state index in [1.165, 1.54) is 22.4 Å². The zero-order chi connectivity index (χ0) is 17.8. The van der Waals surface area contributed by atoms with E-state index in [2.05, 4.69) is 21.0 Å². The van der Waals surface area contributed by atoms with Gasteiger partial charge in [0.2, 0.25) is 0 Å². The first-order chi connectivity index (χ1) is 12.0. The Bertz CT molecular complexity index is 865. The number of rotatable bonds is 6. The van der Waals surface area contributed by atoms with Crippen molar-refractivity contribution in [3.8, 4) is 0 Å². The lowest BCUT2D eigenvalue weighted by Crippen LogP contribution is -2.34. The first-order valence-corrected chi connectivity index (χ1v) is 8.99. The van der Waals surface area contributed by atoms with Crippen LogP contribution in [-0.2, 0) is 13.0 Å². The van der Waals surface area contributed by atoms with Gasteiger partial charge in [-0.15, -0.1) is 5.10 Å². The number of amides is 1. The van der Waals surface area contributed by atoms with Gasteiger partial charge in [0, 0.05) is 11.1 Å². The maximum Gasteiger partial charge on any atom is 0.273 e. The smallest absolute Gasteiger partial charge is 0.273 e. The van der Waals surface area contributed by atoms with Gasteiger partial charge in [-0.25, -0.2) is 9.07 Å². The largest absolute Gasteiger partial charge is 0.348 e. The summed E-state index contributed by atoms with van der Waals surface area (Å²) in [6.07, 6.45) is 2.31. The summed E-state index contributed by atoms with van der Waals surface area (Å²) < 4.78 is 14.6. The molecule has 8 heteroatoms. The van der Waals surface area contributed by atoms with Gasteiger partial charge in [0.1, 0.15) is 5.82 Å². The second-order valence-corrected chi connectivity index (χ2v) is 6.93. The van der Waals surface area contributed by atoms with Gasteiger partial charge < -0.3 is 5.32 Å². The normalized spacial score (nSPS) is 12.1. The van der Waals surface area contributed by atoms with Crippen molar-refractivity contribution in [3.05, 3.63) is 68.9 Å². The number of carbonyl (C=O) groups is 1. The SMILES string of the molecule is CC(Cc1ccsc1)NC(=O)c1cn(Cc2ccc(F)cc2Cl)nn1. The third-order valence-corrected chi connectivity index (χ3v) is 4.70. The molecule has 0 spiro atoms. The summed E-state index contributed by atoms with van der Waals surface area (Å²) in [5, 5.41) is 15.1. The molecule has 5 nitrogen and oxygen atoms in total. The Morgan fingerprint density at radius 2 is 2.28 bits per heavy atom. The number of halogens is 2. The molecule has 1 aromatic carbocycles. The van der Waals surface area contributed by atoms with Crippen molar-refractivity contribution in [2.24, 2.45) is 0 Å². The molecule has 25 heavy (non-hydrogen) atoms. The summed E-state index contributed by atoms with van der Waals surface area (Å²) in [6.45, 7) is 2.25. The molecule has 0 saturated heterocycles. The zero-order valence-electron chi connectivity index (χ0n) is 13.4. The fourth-order valence-corrected chi connectivity index (χ4v) is 3.32. The molecule has 0 aliphatic rings. The van der Waals surface area contributed by atoms with Crippen LogP contribution in [0.15, 0.2) is 41.2 Å². The van der Waals surface area contributed by atoms with E-state index < -0.39 is 5.82 Å². The molecule has 1 amide bonds. The van der Waals surface area contributed by atoms with Crippen LogP contribution in [0.5, 0.6) is 0 Å². The van der Waals surface area contributed by atoms with Crippen LogP contribution in [0.2, 0.25) is 5.02 Å². The van der Waals surface area contributed by atoms with E-state index in [0.717, 1.165) is 6.42 Å². The first-order valence-electron chi connectivity index (χ1n) is 7.67. The number of nitrogens with one attached hydrogen (secondary N) is 1. The minimum Gasteiger partial charge on any atom is -0.348 e. The quantitative estimate of drug-likeness (QED) is 0.713. The highest BCUT2D eigenvalue weighted by atomic mass is 35.5. The lowest BCUT2D eigenvalue weighted by Gasteiger charge is -2.11. The number of aromatic nitrogens is 3. The van der Waals surface area contributed by atoms with E-state index in [-0.39, 0.29) is 17.6 Å². The number of hydrogen-bond donors (Lipinski definition) is 1. The van der Waals surface area contributed by atoms with Gasteiger partial charge in [0.25, 0.3) is 5.91 Å². The van der Waals surface area contributed by atoms with Crippen molar-refractivity contribution in [2.75, 3.05) is 0 Å².